The van der Waals surface area contributed by atoms with Gasteiger partial charge in [-0.1, -0.05) is 54.6 Å². The highest BCUT2D eigenvalue weighted by Crippen LogP contribution is 2.39. The molecule has 1 spiro atoms. The highest BCUT2D eigenvalue weighted by atomic mass is 16.3. The Hall–Kier alpha value is -2.85. The van der Waals surface area contributed by atoms with E-state index in [4.69, 9.17) is 4.42 Å². The molecule has 2 saturated heterocycles. The Morgan fingerprint density at radius 1 is 0.966 bits per heavy atom. The van der Waals surface area contributed by atoms with Gasteiger partial charge in [0.2, 0.25) is 5.91 Å². The number of likely N-dealkylation sites (tertiary alicyclic amines) is 1. The van der Waals surface area contributed by atoms with E-state index in [9.17, 15) is 4.79 Å². The summed E-state index contributed by atoms with van der Waals surface area (Å²) in [7, 11) is 0. The van der Waals surface area contributed by atoms with Crippen LogP contribution in [0.25, 0.3) is 11.3 Å². The van der Waals surface area contributed by atoms with Crippen molar-refractivity contribution in [1.29, 1.82) is 0 Å². The van der Waals surface area contributed by atoms with Crippen molar-refractivity contribution in [1.82, 2.24) is 10.2 Å². The quantitative estimate of drug-likeness (QED) is 0.714. The summed E-state index contributed by atoms with van der Waals surface area (Å²) >= 11 is 0. The predicted molar refractivity (Wildman–Crippen MR) is 113 cm³/mol. The van der Waals surface area contributed by atoms with E-state index in [0.29, 0.717) is 0 Å². The van der Waals surface area contributed by atoms with E-state index in [1.54, 1.807) is 6.26 Å². The molecule has 3 heterocycles. The lowest BCUT2D eigenvalue weighted by molar-refractivity contribution is -0.121. The summed E-state index contributed by atoms with van der Waals surface area (Å²) in [6.07, 6.45) is 4.64. The van der Waals surface area contributed by atoms with Gasteiger partial charge in [0.25, 0.3) is 0 Å². The SMILES string of the molecule is O=C1NC2(CCN(Cc3ccccc3-c3ccco3)CC2)CC1c1ccccc1. The molecule has 1 aromatic heterocycles. The fourth-order valence-corrected chi connectivity index (χ4v) is 4.88. The molecule has 0 bridgehead atoms. The van der Waals surface area contributed by atoms with Crippen molar-refractivity contribution >= 4 is 5.91 Å². The van der Waals surface area contributed by atoms with Crippen molar-refractivity contribution < 1.29 is 9.21 Å². The minimum atomic E-state index is -0.0470. The second kappa shape index (κ2) is 7.53. The number of benzene rings is 2. The molecule has 0 aliphatic carbocycles. The molecule has 148 valence electrons. The van der Waals surface area contributed by atoms with E-state index in [2.05, 4.69) is 46.6 Å². The summed E-state index contributed by atoms with van der Waals surface area (Å²) in [5, 5.41) is 3.36. The van der Waals surface area contributed by atoms with Crippen molar-refractivity contribution in [2.24, 2.45) is 0 Å². The standard InChI is InChI=1S/C25H26N2O2/c28-24-22(19-7-2-1-3-8-19)17-25(26-24)12-14-27(15-13-25)18-20-9-4-5-10-21(20)23-11-6-16-29-23/h1-11,16,22H,12-15,17-18H2,(H,26,28). The zero-order valence-electron chi connectivity index (χ0n) is 16.5. The fraction of sp³-hybridized carbons (Fsp3) is 0.320. The van der Waals surface area contributed by atoms with Gasteiger partial charge in [0, 0.05) is 30.7 Å². The van der Waals surface area contributed by atoms with E-state index in [0.717, 1.165) is 55.8 Å². The summed E-state index contributed by atoms with van der Waals surface area (Å²) in [4.78, 5) is 15.2. The molecule has 3 aromatic rings. The minimum absolute atomic E-state index is 0.0116. The molecular weight excluding hydrogens is 360 g/mol. The average Bonchev–Trinajstić information content (AvgIpc) is 3.40. The van der Waals surface area contributed by atoms with E-state index in [-0.39, 0.29) is 17.4 Å². The van der Waals surface area contributed by atoms with Crippen LogP contribution in [0.3, 0.4) is 0 Å². The molecule has 1 atom stereocenters. The number of hydrogen-bond acceptors (Lipinski definition) is 3. The summed E-state index contributed by atoms with van der Waals surface area (Å²) in [6.45, 7) is 2.89. The number of furan rings is 1. The Kier molecular flexibility index (Phi) is 4.72. The van der Waals surface area contributed by atoms with Gasteiger partial charge in [-0.05, 0) is 42.5 Å². The van der Waals surface area contributed by atoms with Gasteiger partial charge in [0.15, 0.2) is 0 Å². The van der Waals surface area contributed by atoms with Crippen LogP contribution in [0.4, 0.5) is 0 Å². The fourth-order valence-electron chi connectivity index (χ4n) is 4.88. The van der Waals surface area contributed by atoms with Gasteiger partial charge in [-0.3, -0.25) is 9.69 Å². The van der Waals surface area contributed by atoms with E-state index in [1.165, 1.54) is 5.56 Å². The van der Waals surface area contributed by atoms with Crippen molar-refractivity contribution in [3.8, 4) is 11.3 Å². The Labute approximate surface area is 171 Å². The topological polar surface area (TPSA) is 45.5 Å². The van der Waals surface area contributed by atoms with Crippen molar-refractivity contribution in [3.05, 3.63) is 84.1 Å². The Morgan fingerprint density at radius 2 is 1.72 bits per heavy atom. The zero-order valence-corrected chi connectivity index (χ0v) is 16.5. The number of piperidine rings is 1. The van der Waals surface area contributed by atoms with Crippen LogP contribution in [-0.2, 0) is 11.3 Å². The number of nitrogens with zero attached hydrogens (tertiary/aromatic N) is 1. The molecule has 0 radical (unpaired) electrons. The summed E-state index contributed by atoms with van der Waals surface area (Å²) in [5.74, 6) is 1.10. The van der Waals surface area contributed by atoms with Gasteiger partial charge < -0.3 is 9.73 Å². The highest BCUT2D eigenvalue weighted by Gasteiger charge is 2.46. The van der Waals surface area contributed by atoms with E-state index < -0.39 is 0 Å². The molecule has 5 rings (SSSR count). The van der Waals surface area contributed by atoms with Gasteiger partial charge >= 0.3 is 0 Å². The maximum Gasteiger partial charge on any atom is 0.228 e. The van der Waals surface area contributed by atoms with E-state index in [1.807, 2.05) is 30.3 Å². The Morgan fingerprint density at radius 3 is 2.48 bits per heavy atom. The Balaban J connectivity index is 1.26. The Bertz CT molecular complexity index is 973. The lowest BCUT2D eigenvalue weighted by Crippen LogP contribution is -2.50. The van der Waals surface area contributed by atoms with Gasteiger partial charge in [-0.25, -0.2) is 0 Å². The molecule has 4 nitrogen and oxygen atoms in total. The first-order chi connectivity index (χ1) is 14.2. The average molecular weight is 386 g/mol. The minimum Gasteiger partial charge on any atom is -0.464 e. The molecule has 2 fully saturated rings. The van der Waals surface area contributed by atoms with Crippen LogP contribution in [0.15, 0.2) is 77.4 Å². The number of nitrogens with one attached hydrogen (secondary N) is 1. The van der Waals surface area contributed by atoms with Crippen LogP contribution >= 0.6 is 0 Å². The molecule has 2 aliphatic heterocycles. The summed E-state index contributed by atoms with van der Waals surface area (Å²) in [6, 6.07) is 22.6. The lowest BCUT2D eigenvalue weighted by atomic mass is 9.82. The molecule has 1 amide bonds. The predicted octanol–water partition coefficient (Wildman–Crippen LogP) is 4.58. The molecule has 1 N–H and O–H groups in total. The van der Waals surface area contributed by atoms with Crippen LogP contribution < -0.4 is 5.32 Å². The third-order valence-electron chi connectivity index (χ3n) is 6.51. The van der Waals surface area contributed by atoms with Crippen LogP contribution in [0.1, 0.15) is 36.3 Å². The number of carbonyl (C=O) groups is 1. The maximum absolute atomic E-state index is 12.7. The number of carbonyl (C=O) groups excluding carboxylic acids is 1. The van der Waals surface area contributed by atoms with Crippen molar-refractivity contribution in [2.75, 3.05) is 13.1 Å². The number of amides is 1. The van der Waals surface area contributed by atoms with E-state index >= 15 is 0 Å². The van der Waals surface area contributed by atoms with Gasteiger partial charge in [-0.2, -0.15) is 0 Å². The molecule has 1 unspecified atom stereocenters. The molecular formula is C25H26N2O2. The normalized spacial score (nSPS) is 21.4. The third kappa shape index (κ3) is 3.60. The maximum atomic E-state index is 12.7. The van der Waals surface area contributed by atoms with Crippen LogP contribution in [-0.4, -0.2) is 29.4 Å². The highest BCUT2D eigenvalue weighted by molar-refractivity contribution is 5.87. The van der Waals surface area contributed by atoms with Crippen molar-refractivity contribution in [2.45, 2.75) is 37.3 Å². The monoisotopic (exact) mass is 386 g/mol. The molecule has 2 aliphatic rings. The zero-order chi connectivity index (χ0) is 19.7. The largest absolute Gasteiger partial charge is 0.464 e. The van der Waals surface area contributed by atoms with Crippen molar-refractivity contribution in [3.63, 3.8) is 0 Å². The first kappa shape index (κ1) is 18.2. The third-order valence-corrected chi connectivity index (χ3v) is 6.51. The molecule has 29 heavy (non-hydrogen) atoms. The van der Waals surface area contributed by atoms with Crippen LogP contribution in [0, 0.1) is 0 Å². The first-order valence-electron chi connectivity index (χ1n) is 10.4. The lowest BCUT2D eigenvalue weighted by Gasteiger charge is -2.39. The van der Waals surface area contributed by atoms with Gasteiger partial charge in [-0.15, -0.1) is 0 Å². The van der Waals surface area contributed by atoms with Gasteiger partial charge in [0.05, 0.1) is 12.2 Å². The smallest absolute Gasteiger partial charge is 0.228 e. The second-order valence-electron chi connectivity index (χ2n) is 8.35. The number of hydrogen-bond donors (Lipinski definition) is 1. The first-order valence-corrected chi connectivity index (χ1v) is 10.4. The molecule has 0 saturated carbocycles. The molecule has 4 heteroatoms. The van der Waals surface area contributed by atoms with Gasteiger partial charge in [0.1, 0.15) is 5.76 Å². The van der Waals surface area contributed by atoms with Crippen LogP contribution in [0.2, 0.25) is 0 Å². The summed E-state index contributed by atoms with van der Waals surface area (Å²) < 4.78 is 5.63. The molecule has 2 aromatic carbocycles. The number of rotatable bonds is 4. The second-order valence-corrected chi connectivity index (χ2v) is 8.35. The van der Waals surface area contributed by atoms with Crippen LogP contribution in [0.5, 0.6) is 0 Å². The summed E-state index contributed by atoms with van der Waals surface area (Å²) in [5.41, 5.74) is 3.54.